The minimum Gasteiger partial charge on any atom is -0.497 e. The van der Waals surface area contributed by atoms with Gasteiger partial charge in [-0.25, -0.2) is 4.98 Å². The second kappa shape index (κ2) is 7.33. The van der Waals surface area contributed by atoms with Gasteiger partial charge in [0.05, 0.1) is 39.7 Å². The predicted molar refractivity (Wildman–Crippen MR) is 98.3 cm³/mol. The van der Waals surface area contributed by atoms with Crippen LogP contribution in [-0.4, -0.2) is 27.8 Å². The number of thiazole rings is 1. The molecule has 3 aromatic rings. The van der Waals surface area contributed by atoms with Gasteiger partial charge in [-0.1, -0.05) is 11.3 Å². The van der Waals surface area contributed by atoms with Crippen LogP contribution in [0.4, 0.5) is 16.5 Å². The fraction of sp³-hybridized carbons (Fsp3) is 0.125. The largest absolute Gasteiger partial charge is 0.497 e. The third-order valence-electron chi connectivity index (χ3n) is 3.67. The van der Waals surface area contributed by atoms with Crippen molar-refractivity contribution >= 4 is 44.0 Å². The van der Waals surface area contributed by atoms with E-state index in [2.05, 4.69) is 10.3 Å². The quantitative estimate of drug-likeness (QED) is 0.505. The molecule has 0 aliphatic rings. The van der Waals surface area contributed by atoms with Crippen LogP contribution in [0.3, 0.4) is 0 Å². The van der Waals surface area contributed by atoms with Crippen molar-refractivity contribution in [3.8, 4) is 5.75 Å². The van der Waals surface area contributed by atoms with Crippen molar-refractivity contribution in [2.24, 2.45) is 0 Å². The Bertz CT molecular complexity index is 1060. The minimum atomic E-state index is -0.750. The molecule has 0 bridgehead atoms. The zero-order valence-electron chi connectivity index (χ0n) is 13.9. The molecule has 1 amide bonds. The third kappa shape index (κ3) is 3.98. The van der Waals surface area contributed by atoms with E-state index in [0.717, 1.165) is 16.8 Å². The number of nitrogens with zero attached hydrogens (tertiary/aromatic N) is 3. The summed E-state index contributed by atoms with van der Waals surface area (Å²) in [6.07, 6.45) is -0.312. The molecule has 0 atom stereocenters. The molecule has 1 N–H and O–H groups in total. The Hall–Kier alpha value is -3.60. The Kier molecular flexibility index (Phi) is 4.94. The zero-order valence-corrected chi connectivity index (χ0v) is 14.7. The predicted octanol–water partition coefficient (Wildman–Crippen LogP) is 3.30. The van der Waals surface area contributed by atoms with Gasteiger partial charge in [-0.3, -0.25) is 25.0 Å². The van der Waals surface area contributed by atoms with E-state index in [0.29, 0.717) is 16.4 Å². The summed E-state index contributed by atoms with van der Waals surface area (Å²) in [4.78, 5) is 37.0. The highest BCUT2D eigenvalue weighted by Crippen LogP contribution is 2.30. The van der Waals surface area contributed by atoms with Crippen LogP contribution in [0.15, 0.2) is 36.4 Å². The van der Waals surface area contributed by atoms with E-state index in [-0.39, 0.29) is 12.0 Å². The topological polar surface area (TPSA) is 138 Å². The van der Waals surface area contributed by atoms with Gasteiger partial charge < -0.3 is 10.1 Å². The summed E-state index contributed by atoms with van der Waals surface area (Å²) < 4.78 is 5.94. The molecule has 0 spiro atoms. The zero-order chi connectivity index (χ0) is 19.6. The van der Waals surface area contributed by atoms with Gasteiger partial charge in [0.25, 0.3) is 11.4 Å². The number of rotatable bonds is 6. The van der Waals surface area contributed by atoms with Crippen molar-refractivity contribution in [2.75, 3.05) is 12.4 Å². The first-order valence-electron chi connectivity index (χ1n) is 7.53. The van der Waals surface area contributed by atoms with Crippen molar-refractivity contribution in [2.45, 2.75) is 6.42 Å². The molecule has 1 aromatic heterocycles. The summed E-state index contributed by atoms with van der Waals surface area (Å²) >= 11 is 1.24. The van der Waals surface area contributed by atoms with Gasteiger partial charge >= 0.3 is 0 Å². The Morgan fingerprint density at radius 1 is 1.19 bits per heavy atom. The summed E-state index contributed by atoms with van der Waals surface area (Å²) in [6, 6.07) is 8.45. The summed E-state index contributed by atoms with van der Waals surface area (Å²) in [6.45, 7) is 0. The fourth-order valence-corrected chi connectivity index (χ4v) is 3.32. The van der Waals surface area contributed by atoms with Crippen LogP contribution in [0.5, 0.6) is 5.75 Å². The molecule has 0 saturated carbocycles. The van der Waals surface area contributed by atoms with E-state index >= 15 is 0 Å². The Morgan fingerprint density at radius 2 is 1.96 bits per heavy atom. The molecule has 0 aliphatic heterocycles. The summed E-state index contributed by atoms with van der Waals surface area (Å²) in [5.41, 5.74) is -0.136. The van der Waals surface area contributed by atoms with E-state index in [1.165, 1.54) is 17.4 Å². The number of benzene rings is 2. The maximum atomic E-state index is 12.2. The van der Waals surface area contributed by atoms with Gasteiger partial charge in [0.2, 0.25) is 5.91 Å². The van der Waals surface area contributed by atoms with Crippen molar-refractivity contribution in [3.63, 3.8) is 0 Å². The first-order valence-corrected chi connectivity index (χ1v) is 8.35. The lowest BCUT2D eigenvalue weighted by Gasteiger charge is -2.03. The standard InChI is InChI=1S/C16H12N4O6S/c1-26-11-4-5-12-14(8-11)27-16(17-12)18-15(21)6-9-2-3-10(19(22)23)7-13(9)20(24)25/h2-5,7-8H,6H2,1H3,(H,17,18,21). The molecule has 0 saturated heterocycles. The lowest BCUT2D eigenvalue weighted by atomic mass is 10.1. The Morgan fingerprint density at radius 3 is 2.63 bits per heavy atom. The van der Waals surface area contributed by atoms with Gasteiger partial charge in [0, 0.05) is 11.6 Å². The number of fused-ring (bicyclic) bond motifs is 1. The number of ether oxygens (including phenoxy) is 1. The fourth-order valence-electron chi connectivity index (χ4n) is 2.41. The first-order chi connectivity index (χ1) is 12.9. The number of hydrogen-bond acceptors (Lipinski definition) is 8. The number of nitro benzene ring substituents is 2. The number of nitro groups is 2. The van der Waals surface area contributed by atoms with Gasteiger partial charge in [-0.15, -0.1) is 0 Å². The molecule has 10 nitrogen and oxygen atoms in total. The van der Waals surface area contributed by atoms with E-state index in [9.17, 15) is 25.0 Å². The molecule has 0 aliphatic carbocycles. The van der Waals surface area contributed by atoms with Crippen molar-refractivity contribution in [1.29, 1.82) is 0 Å². The van der Waals surface area contributed by atoms with E-state index in [1.54, 1.807) is 25.3 Å². The maximum absolute atomic E-state index is 12.2. The van der Waals surface area contributed by atoms with Crippen molar-refractivity contribution in [1.82, 2.24) is 4.98 Å². The maximum Gasteiger partial charge on any atom is 0.279 e. The van der Waals surface area contributed by atoms with Crippen LogP contribution in [0.1, 0.15) is 5.56 Å². The molecule has 0 unspecified atom stereocenters. The SMILES string of the molecule is COc1ccc2nc(NC(=O)Cc3ccc([N+](=O)[O-])cc3[N+](=O)[O-])sc2c1. The molecule has 1 heterocycles. The lowest BCUT2D eigenvalue weighted by molar-refractivity contribution is -0.394. The van der Waals surface area contributed by atoms with Crippen LogP contribution in [0.2, 0.25) is 0 Å². The van der Waals surface area contributed by atoms with E-state index in [4.69, 9.17) is 4.74 Å². The molecular weight excluding hydrogens is 376 g/mol. The highest BCUT2D eigenvalue weighted by atomic mass is 32.1. The van der Waals surface area contributed by atoms with Gasteiger partial charge in [-0.2, -0.15) is 0 Å². The normalized spacial score (nSPS) is 10.6. The van der Waals surface area contributed by atoms with Gasteiger partial charge in [-0.05, 0) is 24.3 Å². The van der Waals surface area contributed by atoms with E-state index < -0.39 is 27.1 Å². The average molecular weight is 388 g/mol. The highest BCUT2D eigenvalue weighted by molar-refractivity contribution is 7.22. The monoisotopic (exact) mass is 388 g/mol. The minimum absolute atomic E-state index is 0.0749. The lowest BCUT2D eigenvalue weighted by Crippen LogP contribution is -2.15. The number of anilines is 1. The number of methoxy groups -OCH3 is 1. The third-order valence-corrected chi connectivity index (χ3v) is 4.60. The molecular formula is C16H12N4O6S. The van der Waals surface area contributed by atoms with Crippen LogP contribution in [-0.2, 0) is 11.2 Å². The van der Waals surface area contributed by atoms with Gasteiger partial charge in [0.1, 0.15) is 5.75 Å². The van der Waals surface area contributed by atoms with Gasteiger partial charge in [0.15, 0.2) is 5.13 Å². The molecule has 27 heavy (non-hydrogen) atoms. The average Bonchev–Trinajstić information content (AvgIpc) is 3.02. The first kappa shape index (κ1) is 18.2. The molecule has 3 rings (SSSR count). The molecule has 0 fully saturated rings. The molecule has 11 heteroatoms. The number of hydrogen-bond donors (Lipinski definition) is 1. The number of carbonyl (C=O) groups excluding carboxylic acids is 1. The number of non-ortho nitro benzene ring substituents is 1. The Balaban J connectivity index is 1.79. The second-order valence-electron chi connectivity index (χ2n) is 5.40. The number of amides is 1. The number of nitrogens with one attached hydrogen (secondary N) is 1. The molecule has 138 valence electrons. The summed E-state index contributed by atoms with van der Waals surface area (Å²) in [5.74, 6) is 0.142. The smallest absolute Gasteiger partial charge is 0.279 e. The van der Waals surface area contributed by atoms with Crippen molar-refractivity contribution < 1.29 is 19.4 Å². The van der Waals surface area contributed by atoms with Crippen LogP contribution < -0.4 is 10.1 Å². The molecule has 2 aromatic carbocycles. The molecule has 0 radical (unpaired) electrons. The van der Waals surface area contributed by atoms with E-state index in [1.807, 2.05) is 0 Å². The van der Waals surface area contributed by atoms with Crippen molar-refractivity contribution in [3.05, 3.63) is 62.2 Å². The van der Waals surface area contributed by atoms with Crippen LogP contribution in [0.25, 0.3) is 10.2 Å². The summed E-state index contributed by atoms with van der Waals surface area (Å²) in [7, 11) is 1.54. The summed E-state index contributed by atoms with van der Waals surface area (Å²) in [5, 5.41) is 24.8. The number of aromatic nitrogens is 1. The van der Waals surface area contributed by atoms with Crippen LogP contribution in [0, 0.1) is 20.2 Å². The second-order valence-corrected chi connectivity index (χ2v) is 6.44. The highest BCUT2D eigenvalue weighted by Gasteiger charge is 2.21. The van der Waals surface area contributed by atoms with Crippen LogP contribution >= 0.6 is 11.3 Å². The Labute approximate surface area is 155 Å². The number of carbonyl (C=O) groups is 1.